The van der Waals surface area contributed by atoms with Gasteiger partial charge in [-0.15, -0.1) is 11.3 Å². The third-order valence-electron chi connectivity index (χ3n) is 4.08. The van der Waals surface area contributed by atoms with Crippen molar-refractivity contribution in [3.8, 4) is 22.9 Å². The predicted octanol–water partition coefficient (Wildman–Crippen LogP) is 4.04. The van der Waals surface area contributed by atoms with E-state index in [9.17, 15) is 4.79 Å². The van der Waals surface area contributed by atoms with Gasteiger partial charge in [0.25, 0.3) is 5.91 Å². The van der Waals surface area contributed by atoms with Crippen LogP contribution in [-0.2, 0) is 4.79 Å². The number of amides is 1. The number of hydrogen-bond donors (Lipinski definition) is 1. The van der Waals surface area contributed by atoms with Gasteiger partial charge in [0.05, 0.1) is 17.8 Å². The molecule has 29 heavy (non-hydrogen) atoms. The van der Waals surface area contributed by atoms with Crippen LogP contribution in [0.4, 0.5) is 5.13 Å². The average molecular weight is 415 g/mol. The summed E-state index contributed by atoms with van der Waals surface area (Å²) in [6, 6.07) is 7.77. The summed E-state index contributed by atoms with van der Waals surface area (Å²) in [5.41, 5.74) is 2.25. The van der Waals surface area contributed by atoms with E-state index in [1.54, 1.807) is 25.4 Å². The van der Waals surface area contributed by atoms with Crippen LogP contribution < -0.4 is 14.8 Å². The number of thiazole rings is 1. The minimum atomic E-state index is -0.102. The molecule has 1 N–H and O–H groups in total. The van der Waals surface area contributed by atoms with E-state index in [4.69, 9.17) is 14.5 Å². The van der Waals surface area contributed by atoms with Crippen molar-refractivity contribution in [2.24, 2.45) is 0 Å². The zero-order valence-corrected chi connectivity index (χ0v) is 18.2. The van der Waals surface area contributed by atoms with Crippen LogP contribution in [0.2, 0.25) is 0 Å². The molecule has 0 aliphatic rings. The first-order valence-electron chi connectivity index (χ1n) is 9.50. The van der Waals surface area contributed by atoms with Crippen LogP contribution in [0.15, 0.2) is 29.6 Å². The lowest BCUT2D eigenvalue weighted by molar-refractivity contribution is -0.130. The van der Waals surface area contributed by atoms with Gasteiger partial charge in [0.1, 0.15) is 17.2 Å². The predicted molar refractivity (Wildman–Crippen MR) is 117 cm³/mol. The number of nitrogens with zero attached hydrogens (tertiary/aromatic N) is 3. The molecule has 154 valence electrons. The highest BCUT2D eigenvalue weighted by Gasteiger charge is 2.13. The number of hydrogen-bond acceptors (Lipinski definition) is 7. The van der Waals surface area contributed by atoms with Crippen molar-refractivity contribution in [2.45, 2.75) is 26.8 Å². The monoisotopic (exact) mass is 414 g/mol. The Morgan fingerprint density at radius 2 is 1.97 bits per heavy atom. The van der Waals surface area contributed by atoms with E-state index in [0.29, 0.717) is 18.4 Å². The topological polar surface area (TPSA) is 76.6 Å². The van der Waals surface area contributed by atoms with E-state index in [2.05, 4.69) is 24.1 Å². The van der Waals surface area contributed by atoms with Gasteiger partial charge in [-0.2, -0.15) is 0 Å². The molecule has 0 spiro atoms. The van der Waals surface area contributed by atoms with Crippen LogP contribution in [0.3, 0.4) is 0 Å². The molecule has 0 aliphatic heterocycles. The highest BCUT2D eigenvalue weighted by Crippen LogP contribution is 2.33. The summed E-state index contributed by atoms with van der Waals surface area (Å²) in [7, 11) is 3.40. The summed E-state index contributed by atoms with van der Waals surface area (Å²) in [6.07, 6.45) is 0. The summed E-state index contributed by atoms with van der Waals surface area (Å²) in [6.45, 7) is 6.62. The number of carbonyl (C=O) groups is 1. The molecule has 0 atom stereocenters. The van der Waals surface area contributed by atoms with Crippen LogP contribution in [0, 0.1) is 0 Å². The number of likely N-dealkylation sites (N-methyl/N-ethyl adjacent to an activating group) is 1. The van der Waals surface area contributed by atoms with Crippen LogP contribution >= 0.6 is 11.3 Å². The maximum Gasteiger partial charge on any atom is 0.259 e. The van der Waals surface area contributed by atoms with Gasteiger partial charge in [-0.05, 0) is 32.9 Å². The van der Waals surface area contributed by atoms with Gasteiger partial charge in [-0.1, -0.05) is 0 Å². The minimum absolute atomic E-state index is 0.0210. The number of rotatable bonds is 8. The molecule has 0 saturated heterocycles. The van der Waals surface area contributed by atoms with Gasteiger partial charge in [0.2, 0.25) is 0 Å². The number of carbonyl (C=O) groups excluding carboxylic acids is 1. The summed E-state index contributed by atoms with van der Waals surface area (Å²) in [5.74, 6) is 1.23. The van der Waals surface area contributed by atoms with Gasteiger partial charge in [0, 0.05) is 43.0 Å². The molecule has 0 bridgehead atoms. The van der Waals surface area contributed by atoms with Crippen molar-refractivity contribution in [2.75, 3.05) is 32.6 Å². The first-order chi connectivity index (χ1) is 13.9. The fourth-order valence-electron chi connectivity index (χ4n) is 2.65. The molecule has 1 aromatic carbocycles. The van der Waals surface area contributed by atoms with Gasteiger partial charge in [-0.3, -0.25) is 4.79 Å². The molecule has 2 heterocycles. The number of ether oxygens (including phenoxy) is 2. The SMILES string of the molecule is CCOc1cc(-c2csc(NC(C)C)n2)nc2cc(OCC(=O)N(C)C)ccc12. The largest absolute Gasteiger partial charge is 0.493 e. The lowest BCUT2D eigenvalue weighted by atomic mass is 10.1. The molecular weight excluding hydrogens is 388 g/mol. The smallest absolute Gasteiger partial charge is 0.259 e. The summed E-state index contributed by atoms with van der Waals surface area (Å²) in [4.78, 5) is 22.7. The molecule has 1 amide bonds. The van der Waals surface area contributed by atoms with Crippen molar-refractivity contribution in [1.29, 1.82) is 0 Å². The molecule has 7 nitrogen and oxygen atoms in total. The van der Waals surface area contributed by atoms with Crippen LogP contribution in [0.25, 0.3) is 22.3 Å². The van der Waals surface area contributed by atoms with Crippen molar-refractivity contribution in [3.05, 3.63) is 29.6 Å². The van der Waals surface area contributed by atoms with E-state index >= 15 is 0 Å². The number of benzene rings is 1. The highest BCUT2D eigenvalue weighted by molar-refractivity contribution is 7.14. The van der Waals surface area contributed by atoms with Crippen LogP contribution in [-0.4, -0.2) is 54.1 Å². The first kappa shape index (κ1) is 20.9. The Kier molecular flexibility index (Phi) is 6.53. The molecule has 0 fully saturated rings. The van der Waals surface area contributed by atoms with Crippen LogP contribution in [0.1, 0.15) is 20.8 Å². The van der Waals surface area contributed by atoms with E-state index in [1.807, 2.05) is 36.6 Å². The summed E-state index contributed by atoms with van der Waals surface area (Å²) < 4.78 is 11.5. The standard InChI is InChI=1S/C21H26N4O3S/c1-6-27-19-10-17(18-12-29-21(24-18)22-13(2)3)23-16-9-14(7-8-15(16)19)28-11-20(26)25(4)5/h7-10,12-13H,6,11H2,1-5H3,(H,22,24). The Bertz CT molecular complexity index is 1000. The minimum Gasteiger partial charge on any atom is -0.493 e. The molecule has 0 aliphatic carbocycles. The highest BCUT2D eigenvalue weighted by atomic mass is 32.1. The average Bonchev–Trinajstić information content (AvgIpc) is 3.13. The Balaban J connectivity index is 1.95. The van der Waals surface area contributed by atoms with E-state index < -0.39 is 0 Å². The second-order valence-electron chi connectivity index (χ2n) is 7.03. The maximum absolute atomic E-state index is 11.8. The molecule has 8 heteroatoms. The number of fused-ring (bicyclic) bond motifs is 1. The van der Waals surface area contributed by atoms with E-state index in [1.165, 1.54) is 4.90 Å². The molecule has 3 aromatic rings. The van der Waals surface area contributed by atoms with E-state index in [0.717, 1.165) is 33.2 Å². The van der Waals surface area contributed by atoms with Gasteiger partial charge < -0.3 is 19.7 Å². The molecule has 3 rings (SSSR count). The molecular formula is C21H26N4O3S. The molecule has 0 saturated carbocycles. The van der Waals surface area contributed by atoms with Gasteiger partial charge in [-0.25, -0.2) is 9.97 Å². The molecule has 2 aromatic heterocycles. The quantitative estimate of drug-likeness (QED) is 0.599. The third-order valence-corrected chi connectivity index (χ3v) is 4.86. The van der Waals surface area contributed by atoms with Crippen molar-refractivity contribution in [1.82, 2.24) is 14.9 Å². The second kappa shape index (κ2) is 9.09. The first-order valence-corrected chi connectivity index (χ1v) is 10.4. The zero-order chi connectivity index (χ0) is 21.0. The van der Waals surface area contributed by atoms with Crippen LogP contribution in [0.5, 0.6) is 11.5 Å². The van der Waals surface area contributed by atoms with Crippen molar-refractivity contribution in [3.63, 3.8) is 0 Å². The lowest BCUT2D eigenvalue weighted by Crippen LogP contribution is -2.27. The second-order valence-corrected chi connectivity index (χ2v) is 7.89. The Hall–Kier alpha value is -2.87. The van der Waals surface area contributed by atoms with Crippen molar-refractivity contribution >= 4 is 33.3 Å². The fraction of sp³-hybridized carbons (Fsp3) is 0.381. The lowest BCUT2D eigenvalue weighted by Gasteiger charge is -2.13. The summed E-state index contributed by atoms with van der Waals surface area (Å²) >= 11 is 1.54. The number of nitrogens with one attached hydrogen (secondary N) is 1. The Morgan fingerprint density at radius 3 is 2.66 bits per heavy atom. The summed E-state index contributed by atoms with van der Waals surface area (Å²) in [5, 5.41) is 7.03. The number of anilines is 1. The fourth-order valence-corrected chi connectivity index (χ4v) is 3.50. The third kappa shape index (κ3) is 5.14. The zero-order valence-electron chi connectivity index (χ0n) is 17.4. The number of pyridine rings is 1. The van der Waals surface area contributed by atoms with Gasteiger partial charge >= 0.3 is 0 Å². The van der Waals surface area contributed by atoms with Gasteiger partial charge in [0.15, 0.2) is 11.7 Å². The van der Waals surface area contributed by atoms with Crippen molar-refractivity contribution < 1.29 is 14.3 Å². The molecule has 0 unspecified atom stereocenters. The maximum atomic E-state index is 11.8. The molecule has 0 radical (unpaired) electrons. The normalized spacial score (nSPS) is 11.0. The Morgan fingerprint density at radius 1 is 1.17 bits per heavy atom. The Labute approximate surface area is 174 Å². The number of aromatic nitrogens is 2. The van der Waals surface area contributed by atoms with E-state index in [-0.39, 0.29) is 12.5 Å².